The van der Waals surface area contributed by atoms with Crippen LogP contribution in [0.25, 0.3) is 0 Å². The molecule has 0 bridgehead atoms. The normalized spacial score (nSPS) is 34.5. The van der Waals surface area contributed by atoms with Crippen LogP contribution in [0.15, 0.2) is 0 Å². The molecule has 0 aromatic heterocycles. The Morgan fingerprint density at radius 3 is 2.85 bits per heavy atom. The Hall–Kier alpha value is -0.570. The van der Waals surface area contributed by atoms with Gasteiger partial charge in [-0.05, 0) is 18.8 Å². The maximum atomic E-state index is 11.1. The zero-order valence-electron chi connectivity index (χ0n) is 8.25. The van der Waals surface area contributed by atoms with Crippen LogP contribution in [0.4, 0.5) is 0 Å². The molecule has 2 atom stereocenters. The molecule has 76 valence electrons. The van der Waals surface area contributed by atoms with Crippen LogP contribution < -0.4 is 5.73 Å². The minimum Gasteiger partial charge on any atom is -0.481 e. The third-order valence-corrected chi connectivity index (χ3v) is 3.37. The topological polar surface area (TPSA) is 63.3 Å². The quantitative estimate of drug-likeness (QED) is 0.702. The van der Waals surface area contributed by atoms with Crippen molar-refractivity contribution >= 4 is 5.97 Å². The van der Waals surface area contributed by atoms with E-state index in [2.05, 4.69) is 6.92 Å². The fraction of sp³-hybridized carbons (Fsp3) is 0.900. The minimum absolute atomic E-state index is 0.291. The van der Waals surface area contributed by atoms with Gasteiger partial charge in [-0.25, -0.2) is 0 Å². The van der Waals surface area contributed by atoms with Gasteiger partial charge in [0.1, 0.15) is 0 Å². The molecule has 3 nitrogen and oxygen atoms in total. The molecule has 1 rings (SSSR count). The van der Waals surface area contributed by atoms with E-state index >= 15 is 0 Å². The average Bonchev–Trinajstić information content (AvgIpc) is 2.17. The third kappa shape index (κ3) is 2.02. The molecular formula is C10H19NO2. The lowest BCUT2D eigenvalue weighted by Crippen LogP contribution is -2.42. The van der Waals surface area contributed by atoms with Gasteiger partial charge in [0.25, 0.3) is 0 Å². The van der Waals surface area contributed by atoms with Crippen LogP contribution in [0.1, 0.15) is 39.0 Å². The number of rotatable bonds is 3. The second kappa shape index (κ2) is 4.09. The maximum Gasteiger partial charge on any atom is 0.310 e. The molecule has 0 spiro atoms. The molecule has 1 fully saturated rings. The monoisotopic (exact) mass is 185 g/mol. The summed E-state index contributed by atoms with van der Waals surface area (Å²) in [6.07, 6.45) is 4.80. The van der Waals surface area contributed by atoms with Gasteiger partial charge in [0.15, 0.2) is 0 Å². The van der Waals surface area contributed by atoms with Crippen molar-refractivity contribution in [3.8, 4) is 0 Å². The van der Waals surface area contributed by atoms with E-state index in [1.165, 1.54) is 6.42 Å². The molecule has 13 heavy (non-hydrogen) atoms. The first-order valence-electron chi connectivity index (χ1n) is 5.08. The summed E-state index contributed by atoms with van der Waals surface area (Å²) in [7, 11) is 0. The van der Waals surface area contributed by atoms with Crippen LogP contribution in [-0.2, 0) is 4.79 Å². The van der Waals surface area contributed by atoms with Gasteiger partial charge in [0, 0.05) is 6.54 Å². The summed E-state index contributed by atoms with van der Waals surface area (Å²) in [4.78, 5) is 11.1. The summed E-state index contributed by atoms with van der Waals surface area (Å²) >= 11 is 0. The highest BCUT2D eigenvalue weighted by Crippen LogP contribution is 2.40. The Morgan fingerprint density at radius 2 is 2.38 bits per heavy atom. The molecule has 0 aromatic rings. The van der Waals surface area contributed by atoms with Gasteiger partial charge in [-0.3, -0.25) is 4.79 Å². The van der Waals surface area contributed by atoms with Gasteiger partial charge in [-0.1, -0.05) is 26.2 Å². The highest BCUT2D eigenvalue weighted by Gasteiger charge is 2.41. The fourth-order valence-corrected chi connectivity index (χ4v) is 2.30. The largest absolute Gasteiger partial charge is 0.481 e. The second-order valence-corrected chi connectivity index (χ2v) is 4.16. The zero-order chi connectivity index (χ0) is 9.90. The standard InChI is InChI=1S/C10H19NO2/c1-2-8-4-3-5-10(6-8,7-11)9(12)13/h8H,2-7,11H2,1H3,(H,12,13). The minimum atomic E-state index is -0.701. The van der Waals surface area contributed by atoms with Gasteiger partial charge >= 0.3 is 5.97 Å². The Morgan fingerprint density at radius 1 is 1.69 bits per heavy atom. The lowest BCUT2D eigenvalue weighted by Gasteiger charge is -2.36. The molecule has 0 aromatic carbocycles. The van der Waals surface area contributed by atoms with Crippen LogP contribution in [0.3, 0.4) is 0 Å². The Balaban J connectivity index is 2.69. The molecule has 0 radical (unpaired) electrons. The molecule has 1 aliphatic rings. The molecule has 3 heteroatoms. The lowest BCUT2D eigenvalue weighted by molar-refractivity contribution is -0.151. The highest BCUT2D eigenvalue weighted by atomic mass is 16.4. The SMILES string of the molecule is CCC1CCCC(CN)(C(=O)O)C1. The molecule has 1 aliphatic carbocycles. The first kappa shape index (κ1) is 10.5. The van der Waals surface area contributed by atoms with Crippen LogP contribution in [-0.4, -0.2) is 17.6 Å². The number of carboxylic acids is 1. The predicted octanol–water partition coefficient (Wildman–Crippen LogP) is 1.62. The van der Waals surface area contributed by atoms with E-state index in [1.807, 2.05) is 0 Å². The van der Waals surface area contributed by atoms with Crippen molar-refractivity contribution in [2.24, 2.45) is 17.1 Å². The van der Waals surface area contributed by atoms with E-state index in [4.69, 9.17) is 10.8 Å². The van der Waals surface area contributed by atoms with Gasteiger partial charge in [-0.2, -0.15) is 0 Å². The van der Waals surface area contributed by atoms with Crippen molar-refractivity contribution in [1.82, 2.24) is 0 Å². The molecule has 2 unspecified atom stereocenters. The van der Waals surface area contributed by atoms with Crippen molar-refractivity contribution in [3.63, 3.8) is 0 Å². The summed E-state index contributed by atoms with van der Waals surface area (Å²) in [5.41, 5.74) is 4.96. The molecule has 0 aliphatic heterocycles. The molecular weight excluding hydrogens is 166 g/mol. The van der Waals surface area contributed by atoms with E-state index < -0.39 is 11.4 Å². The second-order valence-electron chi connectivity index (χ2n) is 4.16. The number of hydrogen-bond acceptors (Lipinski definition) is 2. The van der Waals surface area contributed by atoms with Crippen LogP contribution in [0.2, 0.25) is 0 Å². The van der Waals surface area contributed by atoms with Crippen molar-refractivity contribution in [3.05, 3.63) is 0 Å². The number of carbonyl (C=O) groups is 1. The molecule has 0 amide bonds. The molecule has 0 saturated heterocycles. The summed E-state index contributed by atoms with van der Waals surface area (Å²) in [6.45, 7) is 2.41. The van der Waals surface area contributed by atoms with Crippen LogP contribution >= 0.6 is 0 Å². The van der Waals surface area contributed by atoms with Crippen molar-refractivity contribution < 1.29 is 9.90 Å². The zero-order valence-corrected chi connectivity index (χ0v) is 8.25. The van der Waals surface area contributed by atoms with E-state index in [1.54, 1.807) is 0 Å². The van der Waals surface area contributed by atoms with Gasteiger partial charge < -0.3 is 10.8 Å². The van der Waals surface area contributed by atoms with Gasteiger partial charge in [0.2, 0.25) is 0 Å². The summed E-state index contributed by atoms with van der Waals surface area (Å²) in [5, 5.41) is 9.12. The number of nitrogens with two attached hydrogens (primary N) is 1. The third-order valence-electron chi connectivity index (χ3n) is 3.37. The fourth-order valence-electron chi connectivity index (χ4n) is 2.30. The van der Waals surface area contributed by atoms with Crippen molar-refractivity contribution in [2.75, 3.05) is 6.54 Å². The Bertz CT molecular complexity index is 193. The van der Waals surface area contributed by atoms with E-state index in [0.717, 1.165) is 25.7 Å². The molecule has 1 saturated carbocycles. The predicted molar refractivity (Wildman–Crippen MR) is 51.4 cm³/mol. The highest BCUT2D eigenvalue weighted by molar-refractivity contribution is 5.75. The van der Waals surface area contributed by atoms with Crippen LogP contribution in [0, 0.1) is 11.3 Å². The Labute approximate surface area is 79.3 Å². The Kier molecular flexibility index (Phi) is 3.31. The summed E-state index contributed by atoms with van der Waals surface area (Å²) in [6, 6.07) is 0. The lowest BCUT2D eigenvalue weighted by atomic mass is 9.69. The van der Waals surface area contributed by atoms with Gasteiger partial charge in [-0.15, -0.1) is 0 Å². The first-order valence-corrected chi connectivity index (χ1v) is 5.08. The average molecular weight is 185 g/mol. The summed E-state index contributed by atoms with van der Waals surface area (Å²) in [5.74, 6) is -0.137. The van der Waals surface area contributed by atoms with Gasteiger partial charge in [0.05, 0.1) is 5.41 Å². The number of hydrogen-bond donors (Lipinski definition) is 2. The maximum absolute atomic E-state index is 11.1. The van der Waals surface area contributed by atoms with E-state index in [0.29, 0.717) is 12.5 Å². The van der Waals surface area contributed by atoms with Crippen molar-refractivity contribution in [2.45, 2.75) is 39.0 Å². The molecule has 3 N–H and O–H groups in total. The summed E-state index contributed by atoms with van der Waals surface area (Å²) < 4.78 is 0. The number of carboxylic acid groups (broad SMARTS) is 1. The van der Waals surface area contributed by atoms with Crippen LogP contribution in [0.5, 0.6) is 0 Å². The van der Waals surface area contributed by atoms with Crippen molar-refractivity contribution in [1.29, 1.82) is 0 Å². The van der Waals surface area contributed by atoms with E-state index in [-0.39, 0.29) is 0 Å². The molecule has 0 heterocycles. The number of aliphatic carboxylic acids is 1. The smallest absolute Gasteiger partial charge is 0.310 e. The van der Waals surface area contributed by atoms with E-state index in [9.17, 15) is 4.79 Å². The first-order chi connectivity index (χ1) is 6.14.